The van der Waals surface area contributed by atoms with Crippen molar-refractivity contribution < 1.29 is 4.79 Å². The molecule has 3 aromatic rings. The molecule has 31 heavy (non-hydrogen) atoms. The van der Waals surface area contributed by atoms with Crippen LogP contribution in [-0.4, -0.2) is 33.8 Å². The Morgan fingerprint density at radius 1 is 1.13 bits per heavy atom. The average Bonchev–Trinajstić information content (AvgIpc) is 3.55. The van der Waals surface area contributed by atoms with Crippen molar-refractivity contribution in [3.8, 4) is 10.6 Å². The zero-order valence-electron chi connectivity index (χ0n) is 17.9. The van der Waals surface area contributed by atoms with Crippen LogP contribution in [-0.2, 0) is 24.3 Å². The fourth-order valence-corrected chi connectivity index (χ4v) is 5.36. The molecule has 5 rings (SSSR count). The molecule has 4 heterocycles. The van der Waals surface area contributed by atoms with E-state index in [0.717, 1.165) is 10.6 Å². The molecule has 0 radical (unpaired) electrons. The van der Waals surface area contributed by atoms with E-state index >= 15 is 0 Å². The first-order valence-corrected chi connectivity index (χ1v) is 11.9. The highest BCUT2D eigenvalue weighted by atomic mass is 32.1. The smallest absolute Gasteiger partial charge is 0.229 e. The Balaban J connectivity index is 1.29. The number of pyridine rings is 1. The van der Waals surface area contributed by atoms with Crippen LogP contribution in [0.2, 0.25) is 0 Å². The molecule has 2 aliphatic rings. The van der Waals surface area contributed by atoms with Gasteiger partial charge < -0.3 is 10.6 Å². The molecule has 1 saturated heterocycles. The molecule has 5 nitrogen and oxygen atoms in total. The summed E-state index contributed by atoms with van der Waals surface area (Å²) in [6.07, 6.45) is 2.82. The van der Waals surface area contributed by atoms with Gasteiger partial charge in [-0.3, -0.25) is 9.69 Å². The Kier molecular flexibility index (Phi) is 5.50. The number of likely N-dealkylation sites (tertiary alicyclic amines) is 1. The summed E-state index contributed by atoms with van der Waals surface area (Å²) >= 11 is 1.64. The van der Waals surface area contributed by atoms with Crippen LogP contribution in [0.3, 0.4) is 0 Å². The fourth-order valence-electron chi connectivity index (χ4n) is 4.66. The van der Waals surface area contributed by atoms with Crippen molar-refractivity contribution in [3.05, 3.63) is 70.2 Å². The van der Waals surface area contributed by atoms with Gasteiger partial charge in [-0.1, -0.05) is 24.3 Å². The third kappa shape index (κ3) is 4.10. The van der Waals surface area contributed by atoms with Crippen molar-refractivity contribution in [2.75, 3.05) is 18.8 Å². The summed E-state index contributed by atoms with van der Waals surface area (Å²) < 4.78 is 0. The molecular formula is C25H28N4OS. The maximum absolute atomic E-state index is 13.1. The molecule has 1 fully saturated rings. The Morgan fingerprint density at radius 2 is 1.94 bits per heavy atom. The molecule has 1 aromatic carbocycles. The Bertz CT molecular complexity index is 1090. The van der Waals surface area contributed by atoms with Crippen molar-refractivity contribution in [1.82, 2.24) is 14.8 Å². The third-order valence-electron chi connectivity index (χ3n) is 6.58. The number of carbonyl (C=O) groups excluding carboxylic acids is 1. The molecule has 0 spiro atoms. The Labute approximate surface area is 187 Å². The molecule has 2 aromatic heterocycles. The second kappa shape index (κ2) is 8.44. The molecule has 1 atom stereocenters. The number of nitrogens with zero attached hydrogens (tertiary/aromatic N) is 3. The highest BCUT2D eigenvalue weighted by Gasteiger charge is 2.26. The fraction of sp³-hybridized carbons (Fsp3) is 0.360. The number of rotatable bonds is 5. The lowest BCUT2D eigenvalue weighted by molar-refractivity contribution is -0.131. The van der Waals surface area contributed by atoms with Gasteiger partial charge >= 0.3 is 0 Å². The number of amides is 1. The standard InChI is InChI=1S/C25H28N4OS/c1-17(28-10-2-3-11-28)18-6-7-19-15-29(16-20(19)13-18)25(30)14-23-21(26)8-9-22(27-23)24-5-4-12-31-24/h4-9,12-13,17H,2-3,10-11,14-16,26H2,1H3. The highest BCUT2D eigenvalue weighted by Crippen LogP contribution is 2.31. The predicted molar refractivity (Wildman–Crippen MR) is 126 cm³/mol. The first-order valence-electron chi connectivity index (χ1n) is 11.0. The van der Waals surface area contributed by atoms with E-state index in [1.165, 1.54) is 42.6 Å². The molecule has 6 heteroatoms. The van der Waals surface area contributed by atoms with Crippen molar-refractivity contribution in [2.45, 2.75) is 45.3 Å². The van der Waals surface area contributed by atoms with Gasteiger partial charge in [-0.25, -0.2) is 4.98 Å². The van der Waals surface area contributed by atoms with Gasteiger partial charge in [0.15, 0.2) is 0 Å². The van der Waals surface area contributed by atoms with E-state index in [4.69, 9.17) is 5.73 Å². The van der Waals surface area contributed by atoms with Gasteiger partial charge in [0, 0.05) is 19.1 Å². The van der Waals surface area contributed by atoms with Crippen molar-refractivity contribution in [1.29, 1.82) is 0 Å². The van der Waals surface area contributed by atoms with Crippen LogP contribution in [0.25, 0.3) is 10.6 Å². The minimum absolute atomic E-state index is 0.0767. The topological polar surface area (TPSA) is 62.5 Å². The molecule has 0 bridgehead atoms. The number of carbonyl (C=O) groups is 1. The first kappa shape index (κ1) is 20.2. The number of fused-ring (bicyclic) bond motifs is 1. The number of anilines is 1. The van der Waals surface area contributed by atoms with Crippen molar-refractivity contribution in [2.24, 2.45) is 0 Å². The lowest BCUT2D eigenvalue weighted by Crippen LogP contribution is -2.27. The van der Waals surface area contributed by atoms with E-state index in [0.29, 0.717) is 30.5 Å². The van der Waals surface area contributed by atoms with Crippen LogP contribution in [0, 0.1) is 0 Å². The van der Waals surface area contributed by atoms with Gasteiger partial charge in [-0.15, -0.1) is 11.3 Å². The number of thiophene rings is 1. The second-order valence-electron chi connectivity index (χ2n) is 8.58. The van der Waals surface area contributed by atoms with Crippen molar-refractivity contribution in [3.63, 3.8) is 0 Å². The molecule has 2 aliphatic heterocycles. The zero-order chi connectivity index (χ0) is 21.4. The summed E-state index contributed by atoms with van der Waals surface area (Å²) in [5.41, 5.74) is 12.1. The van der Waals surface area contributed by atoms with Gasteiger partial charge in [-0.05, 0) is 73.1 Å². The molecule has 2 N–H and O–H groups in total. The normalized spacial score (nSPS) is 17.1. The largest absolute Gasteiger partial charge is 0.397 e. The zero-order valence-corrected chi connectivity index (χ0v) is 18.7. The SMILES string of the molecule is CC(c1ccc2c(c1)CN(C(=O)Cc1nc(-c3cccs3)ccc1N)C2)N1CCCC1. The quantitative estimate of drug-likeness (QED) is 0.638. The minimum atomic E-state index is 0.0767. The van der Waals surface area contributed by atoms with E-state index in [1.807, 2.05) is 34.5 Å². The lowest BCUT2D eigenvalue weighted by Gasteiger charge is -2.24. The van der Waals surface area contributed by atoms with E-state index in [2.05, 4.69) is 35.0 Å². The molecular weight excluding hydrogens is 404 g/mol. The maximum atomic E-state index is 13.1. The average molecular weight is 433 g/mol. The summed E-state index contributed by atoms with van der Waals surface area (Å²) in [4.78, 5) is 23.3. The van der Waals surface area contributed by atoms with E-state index in [9.17, 15) is 4.79 Å². The van der Waals surface area contributed by atoms with Crippen LogP contribution >= 0.6 is 11.3 Å². The number of benzene rings is 1. The minimum Gasteiger partial charge on any atom is -0.397 e. The monoisotopic (exact) mass is 432 g/mol. The Hall–Kier alpha value is -2.70. The molecule has 1 unspecified atom stereocenters. The summed E-state index contributed by atoms with van der Waals surface area (Å²) in [5, 5.41) is 2.03. The number of nitrogen functional groups attached to an aromatic ring is 1. The van der Waals surface area contributed by atoms with E-state index in [-0.39, 0.29) is 12.3 Å². The number of hydrogen-bond donors (Lipinski definition) is 1. The first-order chi connectivity index (χ1) is 15.1. The number of hydrogen-bond acceptors (Lipinski definition) is 5. The van der Waals surface area contributed by atoms with Gasteiger partial charge in [0.05, 0.1) is 28.4 Å². The van der Waals surface area contributed by atoms with Gasteiger partial charge in [-0.2, -0.15) is 0 Å². The third-order valence-corrected chi connectivity index (χ3v) is 7.47. The second-order valence-corrected chi connectivity index (χ2v) is 9.53. The Morgan fingerprint density at radius 3 is 2.71 bits per heavy atom. The maximum Gasteiger partial charge on any atom is 0.229 e. The van der Waals surface area contributed by atoms with E-state index in [1.54, 1.807) is 11.3 Å². The van der Waals surface area contributed by atoms with Crippen LogP contribution in [0.5, 0.6) is 0 Å². The molecule has 1 amide bonds. The van der Waals surface area contributed by atoms with Gasteiger partial charge in [0.2, 0.25) is 5.91 Å². The lowest BCUT2D eigenvalue weighted by atomic mass is 10.0. The van der Waals surface area contributed by atoms with Crippen LogP contribution < -0.4 is 5.73 Å². The summed E-state index contributed by atoms with van der Waals surface area (Å²) in [6.45, 7) is 5.99. The summed E-state index contributed by atoms with van der Waals surface area (Å²) in [5.74, 6) is 0.0767. The highest BCUT2D eigenvalue weighted by molar-refractivity contribution is 7.13. The van der Waals surface area contributed by atoms with Crippen LogP contribution in [0.1, 0.15) is 48.2 Å². The van der Waals surface area contributed by atoms with Gasteiger partial charge in [0.25, 0.3) is 0 Å². The number of aromatic nitrogens is 1. The summed E-state index contributed by atoms with van der Waals surface area (Å²) in [6, 6.07) is 15.0. The van der Waals surface area contributed by atoms with Crippen LogP contribution in [0.15, 0.2) is 47.8 Å². The van der Waals surface area contributed by atoms with Crippen LogP contribution in [0.4, 0.5) is 5.69 Å². The molecule has 0 aliphatic carbocycles. The molecule has 160 valence electrons. The molecule has 0 saturated carbocycles. The summed E-state index contributed by atoms with van der Waals surface area (Å²) in [7, 11) is 0. The number of nitrogens with two attached hydrogens (primary N) is 1. The van der Waals surface area contributed by atoms with Crippen molar-refractivity contribution >= 4 is 22.9 Å². The predicted octanol–water partition coefficient (Wildman–Crippen LogP) is 4.63. The van der Waals surface area contributed by atoms with Gasteiger partial charge in [0.1, 0.15) is 0 Å². The van der Waals surface area contributed by atoms with E-state index < -0.39 is 0 Å².